The lowest BCUT2D eigenvalue weighted by Crippen LogP contribution is -2.21. The van der Waals surface area contributed by atoms with Gasteiger partial charge in [0, 0.05) is 11.5 Å². The first-order chi connectivity index (χ1) is 11.5. The highest BCUT2D eigenvalue weighted by Crippen LogP contribution is 2.50. The largest absolute Gasteiger partial charge is 0.208 e. The van der Waals surface area contributed by atoms with Crippen molar-refractivity contribution in [2.45, 2.75) is 51.9 Å². The molecule has 4 atom stereocenters. The molecular weight excluding hydrogens is 316 g/mol. The number of hydrogen-bond acceptors (Lipinski definition) is 0. The van der Waals surface area contributed by atoms with E-state index >= 15 is 0 Å². The molecule has 2 aliphatic carbocycles. The molecule has 0 nitrogen and oxygen atoms in total. The number of allylic oxidation sites excluding steroid dienone is 1. The minimum Gasteiger partial charge on any atom is -0.208 e. The summed E-state index contributed by atoms with van der Waals surface area (Å²) in [4.78, 5) is 0. The van der Waals surface area contributed by atoms with E-state index in [0.717, 1.165) is 37.0 Å². The van der Waals surface area contributed by atoms with Crippen LogP contribution in [0.1, 0.15) is 57.4 Å². The van der Waals surface area contributed by atoms with E-state index in [1.165, 1.54) is 19.3 Å². The first kappa shape index (κ1) is 17.5. The zero-order chi connectivity index (χ0) is 17.3. The Labute approximate surface area is 141 Å². The van der Waals surface area contributed by atoms with Crippen LogP contribution in [0.5, 0.6) is 0 Å². The fourth-order valence-corrected chi connectivity index (χ4v) is 4.70. The maximum absolute atomic E-state index is 14.6. The Hall–Kier alpha value is -1.32. The summed E-state index contributed by atoms with van der Waals surface area (Å²) in [5.41, 5.74) is -0.219. The van der Waals surface area contributed by atoms with Crippen LogP contribution in [0, 0.1) is 35.3 Å². The van der Waals surface area contributed by atoms with E-state index in [2.05, 4.69) is 6.92 Å². The maximum Gasteiger partial charge on any atom is 0.162 e. The van der Waals surface area contributed by atoms with Crippen LogP contribution in [-0.4, -0.2) is 0 Å². The van der Waals surface area contributed by atoms with Crippen LogP contribution in [0.2, 0.25) is 0 Å². The molecule has 2 aliphatic rings. The summed E-state index contributed by atoms with van der Waals surface area (Å²) in [6, 6.07) is 2.65. The summed E-state index contributed by atoms with van der Waals surface area (Å²) < 4.78 is 55.2. The summed E-state index contributed by atoms with van der Waals surface area (Å²) in [5, 5.41) is 0. The van der Waals surface area contributed by atoms with Crippen LogP contribution < -0.4 is 0 Å². The van der Waals surface area contributed by atoms with Gasteiger partial charge in [-0.25, -0.2) is 17.6 Å². The lowest BCUT2D eigenvalue weighted by Gasteiger charge is -2.31. The van der Waals surface area contributed by atoms with Gasteiger partial charge in [-0.2, -0.15) is 0 Å². The molecule has 2 fully saturated rings. The van der Waals surface area contributed by atoms with Crippen molar-refractivity contribution >= 4 is 5.83 Å². The highest BCUT2D eigenvalue weighted by molar-refractivity contribution is 5.61. The van der Waals surface area contributed by atoms with Gasteiger partial charge in [0.2, 0.25) is 0 Å². The van der Waals surface area contributed by atoms with Crippen LogP contribution in [-0.2, 0) is 0 Å². The molecule has 0 bridgehead atoms. The molecule has 0 aromatic heterocycles. The average molecular weight is 340 g/mol. The van der Waals surface area contributed by atoms with Crippen LogP contribution >= 0.6 is 0 Å². The molecule has 1 aromatic rings. The van der Waals surface area contributed by atoms with E-state index in [1.54, 1.807) is 0 Å². The first-order valence-electron chi connectivity index (χ1n) is 9.00. The number of hydrogen-bond donors (Lipinski definition) is 0. The summed E-state index contributed by atoms with van der Waals surface area (Å²) in [5.74, 6) is -2.62. The second kappa shape index (κ2) is 7.28. The van der Waals surface area contributed by atoms with Gasteiger partial charge in [-0.15, -0.1) is 0 Å². The van der Waals surface area contributed by atoms with Gasteiger partial charge in [-0.05, 0) is 68.1 Å². The van der Waals surface area contributed by atoms with E-state index in [-0.39, 0.29) is 5.56 Å². The molecule has 2 saturated carbocycles. The van der Waals surface area contributed by atoms with Gasteiger partial charge < -0.3 is 0 Å². The molecule has 0 saturated heterocycles. The highest BCUT2D eigenvalue weighted by Gasteiger charge is 2.39. The Balaban J connectivity index is 1.73. The molecule has 0 amide bonds. The maximum atomic E-state index is 14.6. The molecule has 24 heavy (non-hydrogen) atoms. The first-order valence-corrected chi connectivity index (χ1v) is 9.00. The van der Waals surface area contributed by atoms with Crippen LogP contribution in [0.4, 0.5) is 17.6 Å². The van der Waals surface area contributed by atoms with E-state index in [0.29, 0.717) is 24.7 Å². The van der Waals surface area contributed by atoms with Gasteiger partial charge in [-0.1, -0.05) is 19.8 Å². The normalized spacial score (nSPS) is 30.9. The molecule has 4 heteroatoms. The lowest BCUT2D eigenvalue weighted by molar-refractivity contribution is 0.210. The summed E-state index contributed by atoms with van der Waals surface area (Å²) >= 11 is 0. The summed E-state index contributed by atoms with van der Waals surface area (Å²) in [6.07, 6.45) is 6.99. The number of rotatable bonds is 4. The Bertz CT molecular complexity index is 622. The minimum atomic E-state index is -1.16. The van der Waals surface area contributed by atoms with Gasteiger partial charge in [0.05, 0.1) is 0 Å². The molecule has 0 heterocycles. The standard InChI is InChI=1S/C20H24F4/c1-2-3-12-8-13-4-5-14(10-16(13)9-12)19(23)20(24)15-6-7-17(21)18(22)11-15/h6-7,11-14,16H,2-5,8-10H2,1H3/b20-19+. The predicted octanol–water partition coefficient (Wildman–Crippen LogP) is 6.82. The zero-order valence-corrected chi connectivity index (χ0v) is 14.0. The van der Waals surface area contributed by atoms with Crippen molar-refractivity contribution in [1.29, 1.82) is 0 Å². The molecular formula is C20H24F4. The number of benzene rings is 1. The van der Waals surface area contributed by atoms with E-state index in [9.17, 15) is 17.6 Å². The van der Waals surface area contributed by atoms with E-state index < -0.39 is 29.2 Å². The third kappa shape index (κ3) is 3.52. The molecule has 3 rings (SSSR count). The van der Waals surface area contributed by atoms with Crippen molar-refractivity contribution in [2.75, 3.05) is 0 Å². The van der Waals surface area contributed by atoms with Gasteiger partial charge in [0.15, 0.2) is 17.5 Å². The Kier molecular flexibility index (Phi) is 5.31. The van der Waals surface area contributed by atoms with E-state index in [1.807, 2.05) is 0 Å². The van der Waals surface area contributed by atoms with E-state index in [4.69, 9.17) is 0 Å². The molecule has 132 valence electrons. The second-order valence-electron chi connectivity index (χ2n) is 7.45. The third-order valence-corrected chi connectivity index (χ3v) is 5.85. The third-order valence-electron chi connectivity index (χ3n) is 5.85. The quantitative estimate of drug-likeness (QED) is 0.528. The topological polar surface area (TPSA) is 0 Å². The zero-order valence-electron chi connectivity index (χ0n) is 14.0. The second-order valence-corrected chi connectivity index (χ2v) is 7.45. The average Bonchev–Trinajstić information content (AvgIpc) is 2.97. The molecule has 4 unspecified atom stereocenters. The summed E-state index contributed by atoms with van der Waals surface area (Å²) in [7, 11) is 0. The van der Waals surface area contributed by atoms with Crippen molar-refractivity contribution < 1.29 is 17.6 Å². The van der Waals surface area contributed by atoms with Crippen molar-refractivity contribution in [3.8, 4) is 0 Å². The minimum absolute atomic E-state index is 0.219. The molecule has 0 spiro atoms. The monoisotopic (exact) mass is 340 g/mol. The Morgan fingerprint density at radius 1 is 1.00 bits per heavy atom. The fraction of sp³-hybridized carbons (Fsp3) is 0.600. The van der Waals surface area contributed by atoms with Gasteiger partial charge in [-0.3, -0.25) is 0 Å². The predicted molar refractivity (Wildman–Crippen MR) is 87.4 cm³/mol. The van der Waals surface area contributed by atoms with Crippen LogP contribution in [0.15, 0.2) is 24.0 Å². The van der Waals surface area contributed by atoms with Gasteiger partial charge in [0.1, 0.15) is 5.83 Å². The SMILES string of the molecule is CCCC1CC2CCC(/C(F)=C(\F)c3ccc(F)c(F)c3)CC2C1. The molecule has 0 radical (unpaired) electrons. The van der Waals surface area contributed by atoms with Crippen molar-refractivity contribution in [3.63, 3.8) is 0 Å². The van der Waals surface area contributed by atoms with Crippen molar-refractivity contribution in [1.82, 2.24) is 0 Å². The number of fused-ring (bicyclic) bond motifs is 1. The van der Waals surface area contributed by atoms with Crippen molar-refractivity contribution in [3.05, 3.63) is 41.2 Å². The van der Waals surface area contributed by atoms with Gasteiger partial charge in [0.25, 0.3) is 0 Å². The Morgan fingerprint density at radius 2 is 1.75 bits per heavy atom. The highest BCUT2D eigenvalue weighted by atomic mass is 19.2. The summed E-state index contributed by atoms with van der Waals surface area (Å²) in [6.45, 7) is 2.18. The molecule has 0 aliphatic heterocycles. The smallest absolute Gasteiger partial charge is 0.162 e. The van der Waals surface area contributed by atoms with Crippen molar-refractivity contribution in [2.24, 2.45) is 23.7 Å². The lowest BCUT2D eigenvalue weighted by atomic mass is 9.75. The van der Waals surface area contributed by atoms with Crippen LogP contribution in [0.25, 0.3) is 5.83 Å². The molecule has 1 aromatic carbocycles. The number of halogens is 4. The Morgan fingerprint density at radius 3 is 2.46 bits per heavy atom. The fourth-order valence-electron chi connectivity index (χ4n) is 4.70. The van der Waals surface area contributed by atoms with Crippen LogP contribution in [0.3, 0.4) is 0 Å². The van der Waals surface area contributed by atoms with Gasteiger partial charge >= 0.3 is 0 Å². The molecule has 0 N–H and O–H groups in total.